The number of benzene rings is 1. The highest BCUT2D eigenvalue weighted by Gasteiger charge is 2.38. The predicted molar refractivity (Wildman–Crippen MR) is 98.6 cm³/mol. The molecule has 2 aliphatic rings. The van der Waals surface area contributed by atoms with Crippen LogP contribution in [-0.2, 0) is 23.2 Å². The molecule has 1 aliphatic carbocycles. The van der Waals surface area contributed by atoms with Crippen LogP contribution in [0.2, 0.25) is 0 Å². The minimum atomic E-state index is -0.564. The largest absolute Gasteiger partial charge is 0.335 e. The van der Waals surface area contributed by atoms with Crippen molar-refractivity contribution in [1.29, 1.82) is 0 Å². The summed E-state index contributed by atoms with van der Waals surface area (Å²) in [5.74, 6) is -1.25. The Morgan fingerprint density at radius 1 is 1.37 bits per heavy atom. The molecule has 2 aromatic rings. The van der Waals surface area contributed by atoms with Gasteiger partial charge in [-0.2, -0.15) is 5.10 Å². The van der Waals surface area contributed by atoms with Gasteiger partial charge in [0.15, 0.2) is 0 Å². The highest BCUT2D eigenvalue weighted by atomic mass is 19.1. The number of nitrogens with zero attached hydrogens (tertiary/aromatic N) is 3. The van der Waals surface area contributed by atoms with E-state index in [-0.39, 0.29) is 24.3 Å². The second kappa shape index (κ2) is 6.48. The van der Waals surface area contributed by atoms with E-state index in [0.717, 1.165) is 29.8 Å². The van der Waals surface area contributed by atoms with Crippen molar-refractivity contribution < 1.29 is 14.0 Å². The molecule has 1 atom stereocenters. The smallest absolute Gasteiger partial charge is 0.232 e. The maximum atomic E-state index is 13.4. The average molecular weight is 370 g/mol. The van der Waals surface area contributed by atoms with E-state index in [0.29, 0.717) is 17.8 Å². The van der Waals surface area contributed by atoms with Crippen molar-refractivity contribution in [2.45, 2.75) is 51.6 Å². The van der Waals surface area contributed by atoms with Gasteiger partial charge in [0.2, 0.25) is 11.8 Å². The number of amides is 2. The average Bonchev–Trinajstić information content (AvgIpc) is 3.35. The monoisotopic (exact) mass is 370 g/mol. The van der Waals surface area contributed by atoms with Crippen LogP contribution in [0.4, 0.5) is 10.1 Å². The fourth-order valence-electron chi connectivity index (χ4n) is 3.82. The van der Waals surface area contributed by atoms with Crippen LogP contribution < -0.4 is 5.32 Å². The Balaban J connectivity index is 1.55. The molecule has 0 radical (unpaired) electrons. The van der Waals surface area contributed by atoms with Crippen molar-refractivity contribution in [2.24, 2.45) is 7.05 Å². The van der Waals surface area contributed by atoms with Gasteiger partial charge in [0, 0.05) is 43.0 Å². The first kappa shape index (κ1) is 17.7. The molecule has 7 heteroatoms. The summed E-state index contributed by atoms with van der Waals surface area (Å²) in [6.07, 6.45) is 2.07. The lowest BCUT2D eigenvalue weighted by Crippen LogP contribution is -2.34. The Morgan fingerprint density at radius 2 is 2.11 bits per heavy atom. The van der Waals surface area contributed by atoms with Crippen molar-refractivity contribution in [3.63, 3.8) is 0 Å². The number of rotatable bonds is 5. The molecule has 6 nitrogen and oxygen atoms in total. The number of carbonyl (C=O) groups is 2. The lowest BCUT2D eigenvalue weighted by atomic mass is 9.96. The topological polar surface area (TPSA) is 67.2 Å². The van der Waals surface area contributed by atoms with Gasteiger partial charge in [0.1, 0.15) is 5.82 Å². The van der Waals surface area contributed by atoms with E-state index in [9.17, 15) is 14.0 Å². The highest BCUT2D eigenvalue weighted by Crippen LogP contribution is 2.37. The summed E-state index contributed by atoms with van der Waals surface area (Å²) in [7, 11) is 1.90. The first-order valence-electron chi connectivity index (χ1n) is 9.24. The number of hydrogen-bond acceptors (Lipinski definition) is 3. The van der Waals surface area contributed by atoms with Gasteiger partial charge < -0.3 is 10.2 Å². The predicted octanol–water partition coefficient (Wildman–Crippen LogP) is 2.79. The molecule has 1 aromatic heterocycles. The number of aryl methyl sites for hydroxylation is 2. The zero-order chi connectivity index (χ0) is 19.3. The third-order valence-electron chi connectivity index (χ3n) is 5.64. The SMILES string of the molecule is Cc1nn(C)c(C)c1CN(C(=O)CC1C(=O)Nc2cc(F)ccc21)C1CC1. The zero-order valence-electron chi connectivity index (χ0n) is 15.8. The summed E-state index contributed by atoms with van der Waals surface area (Å²) in [4.78, 5) is 27.3. The van der Waals surface area contributed by atoms with Crippen molar-refractivity contribution in [3.05, 3.63) is 46.5 Å². The second-order valence-corrected chi connectivity index (χ2v) is 7.50. The Labute approximate surface area is 157 Å². The van der Waals surface area contributed by atoms with Crippen molar-refractivity contribution in [1.82, 2.24) is 14.7 Å². The van der Waals surface area contributed by atoms with Gasteiger partial charge in [-0.05, 0) is 44.4 Å². The van der Waals surface area contributed by atoms with E-state index in [1.54, 1.807) is 6.07 Å². The summed E-state index contributed by atoms with van der Waals surface area (Å²) in [6.45, 7) is 4.47. The second-order valence-electron chi connectivity index (χ2n) is 7.50. The summed E-state index contributed by atoms with van der Waals surface area (Å²) in [6, 6.07) is 4.46. The van der Waals surface area contributed by atoms with Crippen LogP contribution in [0.1, 0.15) is 47.7 Å². The summed E-state index contributed by atoms with van der Waals surface area (Å²) >= 11 is 0. The number of hydrogen-bond donors (Lipinski definition) is 1. The van der Waals surface area contributed by atoms with Gasteiger partial charge in [-0.1, -0.05) is 6.07 Å². The fourth-order valence-corrected chi connectivity index (χ4v) is 3.82. The molecular weight excluding hydrogens is 347 g/mol. The standard InChI is InChI=1S/C20H23FN4O2/c1-11-17(12(2)24(3)23-11)10-25(14-5-6-14)19(26)9-16-15-7-4-13(21)8-18(15)22-20(16)27/h4,7-8,14,16H,5-6,9-10H2,1-3H3,(H,22,27). The Kier molecular flexibility index (Phi) is 4.25. The molecule has 4 rings (SSSR count). The fraction of sp³-hybridized carbons (Fsp3) is 0.450. The lowest BCUT2D eigenvalue weighted by Gasteiger charge is -2.24. The third-order valence-corrected chi connectivity index (χ3v) is 5.64. The minimum absolute atomic E-state index is 0.0440. The highest BCUT2D eigenvalue weighted by molar-refractivity contribution is 6.04. The number of carbonyl (C=O) groups excluding carboxylic acids is 2. The summed E-state index contributed by atoms with van der Waals surface area (Å²) < 4.78 is 15.2. The Bertz CT molecular complexity index is 932. The van der Waals surface area contributed by atoms with Crippen LogP contribution in [0.15, 0.2) is 18.2 Å². The molecule has 1 N–H and O–H groups in total. The van der Waals surface area contributed by atoms with E-state index < -0.39 is 11.7 Å². The molecule has 1 saturated carbocycles. The van der Waals surface area contributed by atoms with Gasteiger partial charge in [0.05, 0.1) is 11.6 Å². The molecule has 1 aromatic carbocycles. The van der Waals surface area contributed by atoms with Gasteiger partial charge in [-0.25, -0.2) is 4.39 Å². The van der Waals surface area contributed by atoms with Gasteiger partial charge >= 0.3 is 0 Å². The van der Waals surface area contributed by atoms with Crippen molar-refractivity contribution in [3.8, 4) is 0 Å². The minimum Gasteiger partial charge on any atom is -0.335 e. The zero-order valence-corrected chi connectivity index (χ0v) is 15.8. The van der Waals surface area contributed by atoms with E-state index >= 15 is 0 Å². The number of fused-ring (bicyclic) bond motifs is 1. The van der Waals surface area contributed by atoms with Crippen LogP contribution in [-0.4, -0.2) is 32.5 Å². The maximum absolute atomic E-state index is 13.4. The number of anilines is 1. The van der Waals surface area contributed by atoms with Gasteiger partial charge in [0.25, 0.3) is 0 Å². The number of aromatic nitrogens is 2. The molecule has 0 spiro atoms. The van der Waals surface area contributed by atoms with Gasteiger partial charge in [-0.3, -0.25) is 14.3 Å². The van der Waals surface area contributed by atoms with E-state index in [1.165, 1.54) is 12.1 Å². The third kappa shape index (κ3) is 3.22. The molecular formula is C20H23FN4O2. The van der Waals surface area contributed by atoms with Crippen molar-refractivity contribution >= 4 is 17.5 Å². The lowest BCUT2D eigenvalue weighted by molar-refractivity contribution is -0.134. The molecule has 2 amide bonds. The first-order chi connectivity index (χ1) is 12.8. The first-order valence-corrected chi connectivity index (χ1v) is 9.24. The molecule has 27 heavy (non-hydrogen) atoms. The van der Waals surface area contributed by atoms with Crippen LogP contribution in [0.3, 0.4) is 0 Å². The Morgan fingerprint density at radius 3 is 2.74 bits per heavy atom. The van der Waals surface area contributed by atoms with Crippen LogP contribution in [0.5, 0.6) is 0 Å². The molecule has 1 fully saturated rings. The molecule has 0 saturated heterocycles. The molecule has 1 aliphatic heterocycles. The Hall–Kier alpha value is -2.70. The molecule has 2 heterocycles. The van der Waals surface area contributed by atoms with Crippen LogP contribution in [0.25, 0.3) is 0 Å². The summed E-state index contributed by atoms with van der Waals surface area (Å²) in [5, 5.41) is 7.12. The number of halogens is 1. The maximum Gasteiger partial charge on any atom is 0.232 e. The van der Waals surface area contributed by atoms with E-state index in [4.69, 9.17) is 0 Å². The van der Waals surface area contributed by atoms with E-state index in [1.807, 2.05) is 30.5 Å². The van der Waals surface area contributed by atoms with Crippen molar-refractivity contribution in [2.75, 3.05) is 5.32 Å². The number of nitrogens with one attached hydrogen (secondary N) is 1. The van der Waals surface area contributed by atoms with Gasteiger partial charge in [-0.15, -0.1) is 0 Å². The van der Waals surface area contributed by atoms with E-state index in [2.05, 4.69) is 10.4 Å². The summed E-state index contributed by atoms with van der Waals surface area (Å²) in [5.41, 5.74) is 4.20. The van der Waals surface area contributed by atoms with Crippen LogP contribution >= 0.6 is 0 Å². The molecule has 1 unspecified atom stereocenters. The normalized spacial score (nSPS) is 18.4. The molecule has 142 valence electrons. The molecule has 0 bridgehead atoms. The quantitative estimate of drug-likeness (QED) is 0.880. The van der Waals surface area contributed by atoms with Crippen LogP contribution in [0, 0.1) is 19.7 Å².